The van der Waals surface area contributed by atoms with E-state index in [2.05, 4.69) is 16.8 Å². The number of halogens is 1. The lowest BCUT2D eigenvalue weighted by Crippen LogP contribution is -1.98. The first kappa shape index (κ1) is 15.9. The van der Waals surface area contributed by atoms with E-state index in [1.165, 1.54) is 0 Å². The van der Waals surface area contributed by atoms with Crippen molar-refractivity contribution in [1.29, 1.82) is 0 Å². The van der Waals surface area contributed by atoms with E-state index in [4.69, 9.17) is 11.6 Å². The van der Waals surface area contributed by atoms with Gasteiger partial charge in [-0.3, -0.25) is 0 Å². The Labute approximate surface area is 146 Å². The Morgan fingerprint density at radius 1 is 0.833 bits per heavy atom. The molecule has 0 aliphatic rings. The van der Waals surface area contributed by atoms with Gasteiger partial charge in [-0.2, -0.15) is 0 Å². The van der Waals surface area contributed by atoms with Crippen molar-refractivity contribution in [2.75, 3.05) is 0 Å². The molecule has 24 heavy (non-hydrogen) atoms. The molecule has 2 nitrogen and oxygen atoms in total. The van der Waals surface area contributed by atoms with Crippen molar-refractivity contribution in [3.05, 3.63) is 95.0 Å². The molecule has 0 aliphatic carbocycles. The van der Waals surface area contributed by atoms with Gasteiger partial charge in [0.2, 0.25) is 0 Å². The molecule has 0 unspecified atom stereocenters. The molecule has 0 saturated carbocycles. The van der Waals surface area contributed by atoms with Crippen LogP contribution in [0.15, 0.2) is 83.9 Å². The summed E-state index contributed by atoms with van der Waals surface area (Å²) in [5.41, 5.74) is 2.52. The number of nitrogens with zero attached hydrogens (tertiary/aromatic N) is 1. The molecule has 0 aromatic heterocycles. The Balaban J connectivity index is 2.11. The first-order chi connectivity index (χ1) is 11.7. The number of phenolic OH excluding ortho intramolecular Hbond substituents is 1. The molecule has 0 fully saturated rings. The van der Waals surface area contributed by atoms with Crippen LogP contribution in [0.4, 0.5) is 5.69 Å². The van der Waals surface area contributed by atoms with Crippen LogP contribution < -0.4 is 0 Å². The van der Waals surface area contributed by atoms with Crippen molar-refractivity contribution in [2.24, 2.45) is 4.99 Å². The van der Waals surface area contributed by atoms with E-state index in [1.807, 2.05) is 54.6 Å². The number of hydrogen-bond acceptors (Lipinski definition) is 2. The van der Waals surface area contributed by atoms with Crippen molar-refractivity contribution in [2.45, 2.75) is 0 Å². The van der Waals surface area contributed by atoms with Crippen LogP contribution in [0.25, 0.3) is 0 Å². The molecular formula is C21H14ClNO. The van der Waals surface area contributed by atoms with Crippen LogP contribution >= 0.6 is 11.6 Å². The topological polar surface area (TPSA) is 32.6 Å². The van der Waals surface area contributed by atoms with E-state index in [9.17, 15) is 5.11 Å². The highest BCUT2D eigenvalue weighted by Gasteiger charge is 2.07. The van der Waals surface area contributed by atoms with E-state index in [1.54, 1.807) is 24.3 Å². The smallest absolute Gasteiger partial charge is 0.125 e. The van der Waals surface area contributed by atoms with E-state index in [0.29, 0.717) is 22.0 Å². The minimum Gasteiger partial charge on any atom is -0.507 e. The quantitative estimate of drug-likeness (QED) is 0.507. The van der Waals surface area contributed by atoms with Gasteiger partial charge in [-0.05, 0) is 42.3 Å². The van der Waals surface area contributed by atoms with Gasteiger partial charge in [-0.1, -0.05) is 60.0 Å². The van der Waals surface area contributed by atoms with E-state index >= 15 is 0 Å². The number of aromatic hydroxyl groups is 1. The van der Waals surface area contributed by atoms with Gasteiger partial charge in [0.15, 0.2) is 0 Å². The fraction of sp³-hybridized carbons (Fsp3) is 0. The van der Waals surface area contributed by atoms with E-state index < -0.39 is 0 Å². The van der Waals surface area contributed by atoms with Crippen LogP contribution in [0.2, 0.25) is 5.02 Å². The maximum Gasteiger partial charge on any atom is 0.125 e. The molecule has 0 bridgehead atoms. The summed E-state index contributed by atoms with van der Waals surface area (Å²) in [6.45, 7) is 0. The molecule has 0 aliphatic heterocycles. The van der Waals surface area contributed by atoms with E-state index in [0.717, 1.165) is 5.56 Å². The molecule has 0 spiro atoms. The lowest BCUT2D eigenvalue weighted by molar-refractivity contribution is 0.474. The van der Waals surface area contributed by atoms with Crippen LogP contribution in [0.5, 0.6) is 5.75 Å². The molecular weight excluding hydrogens is 318 g/mol. The minimum absolute atomic E-state index is 0.130. The highest BCUT2D eigenvalue weighted by molar-refractivity contribution is 6.33. The second kappa shape index (κ2) is 7.50. The summed E-state index contributed by atoms with van der Waals surface area (Å²) in [5, 5.41) is 10.7. The van der Waals surface area contributed by atoms with Crippen LogP contribution in [0, 0.1) is 11.8 Å². The Hall–Kier alpha value is -3.02. The largest absolute Gasteiger partial charge is 0.507 e. The lowest BCUT2D eigenvalue weighted by atomic mass is 10.1. The second-order valence-corrected chi connectivity index (χ2v) is 5.45. The number of phenols is 1. The molecule has 0 heterocycles. The predicted octanol–water partition coefficient (Wildman–Crippen LogP) is 5.22. The highest BCUT2D eigenvalue weighted by Crippen LogP contribution is 2.26. The van der Waals surface area contributed by atoms with Gasteiger partial charge in [0, 0.05) is 5.56 Å². The third-order valence-corrected chi connectivity index (χ3v) is 3.66. The lowest BCUT2D eigenvalue weighted by Gasteiger charge is -2.04. The number of benzene rings is 3. The first-order valence-corrected chi connectivity index (χ1v) is 7.80. The zero-order chi connectivity index (χ0) is 16.8. The van der Waals surface area contributed by atoms with Crippen LogP contribution in [0.1, 0.15) is 11.1 Å². The first-order valence-electron chi connectivity index (χ1n) is 7.43. The molecule has 3 heteroatoms. The zero-order valence-electron chi connectivity index (χ0n) is 12.8. The Bertz CT molecular complexity index is 937. The summed E-state index contributed by atoms with van der Waals surface area (Å²) in [4.78, 5) is 4.56. The standard InChI is InChI=1S/C21H14ClNO/c22-18-11-5-6-12-20(18)23-19(17-10-4-7-13-21(17)24)15-14-16-8-2-1-3-9-16/h1-13,24H. The van der Waals surface area contributed by atoms with Gasteiger partial charge >= 0.3 is 0 Å². The molecule has 0 atom stereocenters. The monoisotopic (exact) mass is 331 g/mol. The molecule has 0 radical (unpaired) electrons. The summed E-state index contributed by atoms with van der Waals surface area (Å²) in [6, 6.07) is 23.9. The molecule has 0 amide bonds. The average molecular weight is 332 g/mol. The van der Waals surface area contributed by atoms with Crippen molar-refractivity contribution in [3.8, 4) is 17.6 Å². The number of para-hydroxylation sites is 2. The molecule has 0 saturated heterocycles. The molecule has 3 aromatic carbocycles. The van der Waals surface area contributed by atoms with Gasteiger partial charge in [0.1, 0.15) is 11.5 Å². The summed E-state index contributed by atoms with van der Waals surface area (Å²) >= 11 is 6.19. The fourth-order valence-corrected chi connectivity index (χ4v) is 2.32. The van der Waals surface area contributed by atoms with E-state index in [-0.39, 0.29) is 5.75 Å². The number of rotatable bonds is 2. The third kappa shape index (κ3) is 3.84. The van der Waals surface area contributed by atoms with Crippen LogP contribution in [-0.2, 0) is 0 Å². The van der Waals surface area contributed by atoms with Gasteiger partial charge in [0.05, 0.1) is 16.3 Å². The number of hydrogen-bond donors (Lipinski definition) is 1. The molecule has 3 rings (SSSR count). The maximum atomic E-state index is 10.1. The van der Waals surface area contributed by atoms with Gasteiger partial charge in [-0.15, -0.1) is 0 Å². The van der Waals surface area contributed by atoms with Crippen LogP contribution in [0.3, 0.4) is 0 Å². The van der Waals surface area contributed by atoms with Gasteiger partial charge in [-0.25, -0.2) is 4.99 Å². The van der Waals surface area contributed by atoms with Crippen molar-refractivity contribution in [1.82, 2.24) is 0 Å². The van der Waals surface area contributed by atoms with Gasteiger partial charge in [0.25, 0.3) is 0 Å². The SMILES string of the molecule is Oc1ccccc1C(C#Cc1ccccc1)=Nc1ccccc1Cl. The fourth-order valence-electron chi connectivity index (χ4n) is 2.15. The Kier molecular flexibility index (Phi) is 4.96. The molecule has 116 valence electrons. The minimum atomic E-state index is 0.130. The highest BCUT2D eigenvalue weighted by atomic mass is 35.5. The maximum absolute atomic E-state index is 10.1. The Morgan fingerprint density at radius 2 is 1.50 bits per heavy atom. The number of aliphatic imine (C=N–C) groups is 1. The third-order valence-electron chi connectivity index (χ3n) is 3.34. The predicted molar refractivity (Wildman–Crippen MR) is 99.1 cm³/mol. The normalized spacial score (nSPS) is 10.8. The summed E-state index contributed by atoms with van der Waals surface area (Å²) in [7, 11) is 0. The second-order valence-electron chi connectivity index (χ2n) is 5.04. The summed E-state index contributed by atoms with van der Waals surface area (Å²) < 4.78 is 0. The Morgan fingerprint density at radius 3 is 2.25 bits per heavy atom. The summed E-state index contributed by atoms with van der Waals surface area (Å²) in [6.07, 6.45) is 0. The zero-order valence-corrected chi connectivity index (χ0v) is 13.5. The summed E-state index contributed by atoms with van der Waals surface area (Å²) in [5.74, 6) is 6.26. The average Bonchev–Trinajstić information content (AvgIpc) is 2.62. The van der Waals surface area contributed by atoms with Crippen LogP contribution in [-0.4, -0.2) is 10.8 Å². The molecule has 3 aromatic rings. The van der Waals surface area contributed by atoms with Crippen molar-refractivity contribution >= 4 is 23.0 Å². The van der Waals surface area contributed by atoms with Crippen molar-refractivity contribution in [3.63, 3.8) is 0 Å². The van der Waals surface area contributed by atoms with Crippen molar-refractivity contribution < 1.29 is 5.11 Å². The van der Waals surface area contributed by atoms with Gasteiger partial charge < -0.3 is 5.11 Å². The molecule has 1 N–H and O–H groups in total.